The fraction of sp³-hybridized carbons (Fsp3) is 0.533. The minimum atomic E-state index is -0.507. The Bertz CT molecular complexity index is 438. The second-order valence-corrected chi connectivity index (χ2v) is 5.16. The molecular weight excluding hydrogens is 276 g/mol. The Morgan fingerprint density at radius 3 is 2.80 bits per heavy atom. The van der Waals surface area contributed by atoms with Crippen molar-refractivity contribution in [2.75, 3.05) is 11.9 Å². The van der Waals surface area contributed by atoms with Gasteiger partial charge >= 0.3 is 0 Å². The third-order valence-electron chi connectivity index (χ3n) is 2.87. The Morgan fingerprint density at radius 1 is 1.40 bits per heavy atom. The molecular formula is C15H23ClN2O2. The van der Waals surface area contributed by atoms with Crippen LogP contribution >= 0.6 is 11.6 Å². The molecule has 112 valence electrons. The summed E-state index contributed by atoms with van der Waals surface area (Å²) in [6, 6.07) is 4.66. The highest BCUT2D eigenvalue weighted by Gasteiger charge is 2.15. The van der Waals surface area contributed by atoms with Crippen LogP contribution in [0.15, 0.2) is 18.2 Å². The molecule has 0 fully saturated rings. The minimum absolute atomic E-state index is 0.206. The van der Waals surface area contributed by atoms with Gasteiger partial charge in [0.2, 0.25) is 5.91 Å². The summed E-state index contributed by atoms with van der Waals surface area (Å²) >= 11 is 5.96. The number of hydrogen-bond acceptors (Lipinski definition) is 3. The summed E-state index contributed by atoms with van der Waals surface area (Å²) in [4.78, 5) is 12.0. The van der Waals surface area contributed by atoms with Crippen LogP contribution in [0, 0.1) is 0 Å². The van der Waals surface area contributed by atoms with E-state index in [0.717, 1.165) is 19.3 Å². The number of nitrogens with one attached hydrogen (secondary N) is 1. The Morgan fingerprint density at radius 2 is 2.15 bits per heavy atom. The zero-order valence-electron chi connectivity index (χ0n) is 12.1. The lowest BCUT2D eigenvalue weighted by Gasteiger charge is -2.15. The standard InChI is InChI=1S/C15H23ClN2O2/c1-3-5-6-12(17)15(19)18-13-10-11(16)7-8-14(13)20-9-4-2/h7-8,10,12H,3-6,9,17H2,1-2H3,(H,18,19)/t12-/m0/s1. The smallest absolute Gasteiger partial charge is 0.241 e. The van der Waals surface area contributed by atoms with E-state index in [2.05, 4.69) is 12.2 Å². The predicted molar refractivity (Wildman–Crippen MR) is 83.4 cm³/mol. The Balaban J connectivity index is 2.73. The summed E-state index contributed by atoms with van der Waals surface area (Å²) in [7, 11) is 0. The van der Waals surface area contributed by atoms with Crippen LogP contribution in [-0.2, 0) is 4.79 Å². The van der Waals surface area contributed by atoms with Crippen molar-refractivity contribution in [1.29, 1.82) is 0 Å². The van der Waals surface area contributed by atoms with Gasteiger partial charge in [-0.15, -0.1) is 0 Å². The molecule has 0 aromatic heterocycles. The van der Waals surface area contributed by atoms with Crippen molar-refractivity contribution >= 4 is 23.2 Å². The minimum Gasteiger partial charge on any atom is -0.491 e. The van der Waals surface area contributed by atoms with Crippen LogP contribution in [0.3, 0.4) is 0 Å². The van der Waals surface area contributed by atoms with Crippen molar-refractivity contribution in [3.8, 4) is 5.75 Å². The normalized spacial score (nSPS) is 12.0. The molecule has 4 nitrogen and oxygen atoms in total. The molecule has 0 bridgehead atoms. The van der Waals surface area contributed by atoms with E-state index in [-0.39, 0.29) is 5.91 Å². The number of rotatable bonds is 8. The second-order valence-electron chi connectivity index (χ2n) is 4.73. The Labute approximate surface area is 125 Å². The summed E-state index contributed by atoms with van der Waals surface area (Å²) in [6.45, 7) is 4.68. The van der Waals surface area contributed by atoms with Gasteiger partial charge in [0.25, 0.3) is 0 Å². The van der Waals surface area contributed by atoms with Crippen molar-refractivity contribution < 1.29 is 9.53 Å². The summed E-state index contributed by atoms with van der Waals surface area (Å²) < 4.78 is 5.59. The molecule has 0 unspecified atom stereocenters. The molecule has 1 atom stereocenters. The maximum Gasteiger partial charge on any atom is 0.241 e. The third-order valence-corrected chi connectivity index (χ3v) is 3.10. The molecule has 3 N–H and O–H groups in total. The number of anilines is 1. The van der Waals surface area contributed by atoms with Crippen molar-refractivity contribution in [3.05, 3.63) is 23.2 Å². The average molecular weight is 299 g/mol. The molecule has 1 amide bonds. The summed E-state index contributed by atoms with van der Waals surface area (Å²) in [5.74, 6) is 0.411. The molecule has 1 aromatic carbocycles. The van der Waals surface area contributed by atoms with Crippen LogP contribution in [-0.4, -0.2) is 18.6 Å². The monoisotopic (exact) mass is 298 g/mol. The first kappa shape index (κ1) is 16.8. The van der Waals surface area contributed by atoms with Gasteiger partial charge in [0, 0.05) is 5.02 Å². The number of halogens is 1. The van der Waals surface area contributed by atoms with Gasteiger partial charge in [-0.25, -0.2) is 0 Å². The summed E-state index contributed by atoms with van der Waals surface area (Å²) in [5, 5.41) is 3.34. The van der Waals surface area contributed by atoms with Gasteiger partial charge in [-0.1, -0.05) is 38.3 Å². The Kier molecular flexibility index (Phi) is 7.41. The SMILES string of the molecule is CCCC[C@H](N)C(=O)Nc1cc(Cl)ccc1OCCC. The lowest BCUT2D eigenvalue weighted by Crippen LogP contribution is -2.35. The molecule has 0 saturated carbocycles. The van der Waals surface area contributed by atoms with Crippen LogP contribution in [0.1, 0.15) is 39.5 Å². The van der Waals surface area contributed by atoms with Crippen molar-refractivity contribution in [3.63, 3.8) is 0 Å². The molecule has 0 heterocycles. The van der Waals surface area contributed by atoms with Crippen molar-refractivity contribution in [2.24, 2.45) is 5.73 Å². The first-order valence-corrected chi connectivity index (χ1v) is 7.45. The molecule has 0 aliphatic rings. The van der Waals surface area contributed by atoms with E-state index in [1.807, 2.05) is 6.92 Å². The highest BCUT2D eigenvalue weighted by atomic mass is 35.5. The van der Waals surface area contributed by atoms with E-state index in [9.17, 15) is 4.79 Å². The van der Waals surface area contributed by atoms with Gasteiger partial charge in [-0.3, -0.25) is 4.79 Å². The van der Waals surface area contributed by atoms with Gasteiger partial charge in [0.15, 0.2) is 0 Å². The zero-order chi connectivity index (χ0) is 15.0. The fourth-order valence-electron chi connectivity index (χ4n) is 1.72. The number of hydrogen-bond donors (Lipinski definition) is 2. The van der Waals surface area contributed by atoms with Crippen molar-refractivity contribution in [1.82, 2.24) is 0 Å². The molecule has 1 rings (SSSR count). The van der Waals surface area contributed by atoms with Crippen LogP contribution in [0.5, 0.6) is 5.75 Å². The molecule has 20 heavy (non-hydrogen) atoms. The van der Waals surface area contributed by atoms with Crippen LogP contribution in [0.25, 0.3) is 0 Å². The molecule has 0 radical (unpaired) electrons. The molecule has 0 spiro atoms. The highest BCUT2D eigenvalue weighted by Crippen LogP contribution is 2.28. The number of unbranched alkanes of at least 4 members (excludes halogenated alkanes) is 1. The first-order chi connectivity index (χ1) is 9.58. The van der Waals surface area contributed by atoms with Gasteiger partial charge < -0.3 is 15.8 Å². The van der Waals surface area contributed by atoms with Crippen LogP contribution in [0.4, 0.5) is 5.69 Å². The third kappa shape index (κ3) is 5.39. The quantitative estimate of drug-likeness (QED) is 0.771. The number of benzene rings is 1. The van der Waals surface area contributed by atoms with Gasteiger partial charge in [-0.05, 0) is 31.0 Å². The maximum absolute atomic E-state index is 12.0. The van der Waals surface area contributed by atoms with Crippen LogP contribution in [0.2, 0.25) is 5.02 Å². The number of ether oxygens (including phenoxy) is 1. The van der Waals surface area contributed by atoms with Gasteiger partial charge in [0.1, 0.15) is 5.75 Å². The van der Waals surface area contributed by atoms with E-state index in [0.29, 0.717) is 29.5 Å². The van der Waals surface area contributed by atoms with E-state index in [1.54, 1.807) is 18.2 Å². The van der Waals surface area contributed by atoms with E-state index in [4.69, 9.17) is 22.1 Å². The lowest BCUT2D eigenvalue weighted by atomic mass is 10.1. The van der Waals surface area contributed by atoms with Crippen molar-refractivity contribution in [2.45, 2.75) is 45.6 Å². The largest absolute Gasteiger partial charge is 0.491 e. The predicted octanol–water partition coefficient (Wildman–Crippen LogP) is 3.58. The summed E-state index contributed by atoms with van der Waals surface area (Å²) in [6.07, 6.45) is 3.52. The Hall–Kier alpha value is -1.26. The van der Waals surface area contributed by atoms with Gasteiger partial charge in [-0.2, -0.15) is 0 Å². The van der Waals surface area contributed by atoms with E-state index in [1.165, 1.54) is 0 Å². The molecule has 5 heteroatoms. The van der Waals surface area contributed by atoms with Gasteiger partial charge in [0.05, 0.1) is 18.3 Å². The van der Waals surface area contributed by atoms with E-state index >= 15 is 0 Å². The summed E-state index contributed by atoms with van der Waals surface area (Å²) in [5.41, 5.74) is 6.43. The average Bonchev–Trinajstić information content (AvgIpc) is 2.43. The fourth-order valence-corrected chi connectivity index (χ4v) is 1.89. The maximum atomic E-state index is 12.0. The number of amides is 1. The first-order valence-electron chi connectivity index (χ1n) is 7.07. The topological polar surface area (TPSA) is 64.4 Å². The molecule has 0 aliphatic heterocycles. The molecule has 0 aliphatic carbocycles. The second kappa shape index (κ2) is 8.82. The zero-order valence-corrected chi connectivity index (χ0v) is 12.9. The molecule has 1 aromatic rings. The number of carbonyl (C=O) groups excluding carboxylic acids is 1. The van der Waals surface area contributed by atoms with E-state index < -0.39 is 6.04 Å². The number of nitrogens with two attached hydrogens (primary N) is 1. The van der Waals surface area contributed by atoms with Crippen LogP contribution < -0.4 is 15.8 Å². The highest BCUT2D eigenvalue weighted by molar-refractivity contribution is 6.31. The lowest BCUT2D eigenvalue weighted by molar-refractivity contribution is -0.117. The number of carbonyl (C=O) groups is 1. The molecule has 0 saturated heterocycles.